The van der Waals surface area contributed by atoms with Crippen LogP contribution in [0.4, 0.5) is 10.5 Å². The van der Waals surface area contributed by atoms with Gasteiger partial charge in [0.1, 0.15) is 5.75 Å². The van der Waals surface area contributed by atoms with E-state index in [0.29, 0.717) is 36.8 Å². The van der Waals surface area contributed by atoms with Crippen molar-refractivity contribution in [1.82, 2.24) is 9.80 Å². The Morgan fingerprint density at radius 1 is 0.971 bits per heavy atom. The molecular weight excluding hydrogens is 482 g/mol. The van der Waals surface area contributed by atoms with E-state index in [0.717, 1.165) is 0 Å². The van der Waals surface area contributed by atoms with Crippen molar-refractivity contribution in [2.75, 3.05) is 43.9 Å². The van der Waals surface area contributed by atoms with E-state index in [1.54, 1.807) is 60.4 Å². The summed E-state index contributed by atoms with van der Waals surface area (Å²) in [5.74, 6) is -2.08. The van der Waals surface area contributed by atoms with Gasteiger partial charge in [0.25, 0.3) is 5.91 Å². The molecule has 0 radical (unpaired) electrons. The van der Waals surface area contributed by atoms with E-state index in [1.807, 2.05) is 0 Å². The maximum atomic E-state index is 13.1. The van der Waals surface area contributed by atoms with Crippen molar-refractivity contribution in [3.8, 4) is 0 Å². The van der Waals surface area contributed by atoms with E-state index >= 15 is 0 Å². The minimum absolute atomic E-state index is 0.229. The molecule has 1 saturated heterocycles. The van der Waals surface area contributed by atoms with Crippen LogP contribution < -0.4 is 5.32 Å². The Balaban J connectivity index is 1.62. The first kappa shape index (κ1) is 25.5. The molecule has 34 heavy (non-hydrogen) atoms. The standard InChI is InChI=1S/C23H26ClN3O6S/c1-2-33-23(30)27-13-11-26(12-14-27)22(29)19-5-3-4-6-20(19)25-21(28)16-34(31,32)15-17-7-9-18(24)10-8-17/h3-10H,2,11-16H2,1H3,(H,25,28). The average Bonchev–Trinajstić information content (AvgIpc) is 2.80. The van der Waals surface area contributed by atoms with Crippen molar-refractivity contribution in [3.05, 3.63) is 64.7 Å². The fourth-order valence-electron chi connectivity index (χ4n) is 3.53. The second-order valence-corrected chi connectivity index (χ2v) is 10.2. The lowest BCUT2D eigenvalue weighted by Crippen LogP contribution is -2.50. The second-order valence-electron chi connectivity index (χ2n) is 7.73. The molecule has 1 aliphatic heterocycles. The Kier molecular flexibility index (Phi) is 8.51. The number of sulfone groups is 1. The molecular formula is C23H26ClN3O6S. The van der Waals surface area contributed by atoms with Gasteiger partial charge in [0.15, 0.2) is 9.84 Å². The van der Waals surface area contributed by atoms with E-state index in [2.05, 4.69) is 5.32 Å². The van der Waals surface area contributed by atoms with Crippen molar-refractivity contribution in [2.24, 2.45) is 0 Å². The number of nitrogens with one attached hydrogen (secondary N) is 1. The lowest BCUT2D eigenvalue weighted by Gasteiger charge is -2.34. The molecule has 182 valence electrons. The maximum Gasteiger partial charge on any atom is 0.409 e. The number of halogens is 1. The van der Waals surface area contributed by atoms with Crippen LogP contribution >= 0.6 is 11.6 Å². The monoisotopic (exact) mass is 507 g/mol. The largest absolute Gasteiger partial charge is 0.450 e. The van der Waals surface area contributed by atoms with Gasteiger partial charge in [0, 0.05) is 31.2 Å². The van der Waals surface area contributed by atoms with Crippen LogP contribution in [-0.2, 0) is 25.1 Å². The molecule has 9 nitrogen and oxygen atoms in total. The van der Waals surface area contributed by atoms with Crippen LogP contribution in [0.5, 0.6) is 0 Å². The molecule has 1 fully saturated rings. The van der Waals surface area contributed by atoms with Gasteiger partial charge in [0.2, 0.25) is 5.91 Å². The first-order valence-electron chi connectivity index (χ1n) is 10.7. The minimum Gasteiger partial charge on any atom is -0.450 e. The number of piperazine rings is 1. The number of hydrogen-bond donors (Lipinski definition) is 1. The number of ether oxygens (including phenoxy) is 1. The minimum atomic E-state index is -3.74. The van der Waals surface area contributed by atoms with Gasteiger partial charge >= 0.3 is 6.09 Å². The summed E-state index contributed by atoms with van der Waals surface area (Å²) in [6.45, 7) is 3.31. The fraction of sp³-hybridized carbons (Fsp3) is 0.348. The molecule has 1 N–H and O–H groups in total. The summed E-state index contributed by atoms with van der Waals surface area (Å²) in [7, 11) is -3.74. The van der Waals surface area contributed by atoms with Gasteiger partial charge < -0.3 is 19.9 Å². The van der Waals surface area contributed by atoms with E-state index in [-0.39, 0.29) is 29.5 Å². The highest BCUT2D eigenvalue weighted by Crippen LogP contribution is 2.19. The zero-order valence-corrected chi connectivity index (χ0v) is 20.3. The number of amides is 3. The number of carbonyl (C=O) groups is 3. The molecule has 0 spiro atoms. The topological polar surface area (TPSA) is 113 Å². The number of hydrogen-bond acceptors (Lipinski definition) is 6. The zero-order valence-electron chi connectivity index (χ0n) is 18.7. The summed E-state index contributed by atoms with van der Waals surface area (Å²) in [6, 6.07) is 12.8. The maximum absolute atomic E-state index is 13.1. The highest BCUT2D eigenvalue weighted by molar-refractivity contribution is 7.91. The number of rotatable bonds is 7. The fourth-order valence-corrected chi connectivity index (χ4v) is 4.93. The number of carbonyl (C=O) groups excluding carboxylic acids is 3. The zero-order chi connectivity index (χ0) is 24.7. The molecule has 2 aromatic rings. The number of benzene rings is 2. The van der Waals surface area contributed by atoms with Crippen molar-refractivity contribution in [3.63, 3.8) is 0 Å². The summed E-state index contributed by atoms with van der Waals surface area (Å²) in [6.07, 6.45) is -0.415. The van der Waals surface area contributed by atoms with Crippen LogP contribution in [0.3, 0.4) is 0 Å². The molecule has 0 atom stereocenters. The van der Waals surface area contributed by atoms with Gasteiger partial charge in [-0.05, 0) is 36.8 Å². The molecule has 2 aromatic carbocycles. The normalized spacial score (nSPS) is 13.9. The van der Waals surface area contributed by atoms with Crippen LogP contribution in [0.15, 0.2) is 48.5 Å². The summed E-state index contributed by atoms with van der Waals surface area (Å²) in [4.78, 5) is 40.6. The third kappa shape index (κ3) is 6.94. The Bertz CT molecular complexity index is 1150. The lowest BCUT2D eigenvalue weighted by atomic mass is 10.1. The smallest absolute Gasteiger partial charge is 0.409 e. The van der Waals surface area contributed by atoms with Crippen molar-refractivity contribution in [1.29, 1.82) is 0 Å². The molecule has 1 heterocycles. The first-order chi connectivity index (χ1) is 16.2. The van der Waals surface area contributed by atoms with Gasteiger partial charge in [-0.2, -0.15) is 0 Å². The second kappa shape index (κ2) is 11.3. The van der Waals surface area contributed by atoms with Crippen molar-refractivity contribution >= 4 is 45.0 Å². The number of anilines is 1. The summed E-state index contributed by atoms with van der Waals surface area (Å²) in [5, 5.41) is 3.04. The van der Waals surface area contributed by atoms with E-state index in [4.69, 9.17) is 16.3 Å². The Morgan fingerprint density at radius 2 is 1.59 bits per heavy atom. The number of nitrogens with zero attached hydrogens (tertiary/aromatic N) is 2. The highest BCUT2D eigenvalue weighted by atomic mass is 35.5. The third-order valence-corrected chi connectivity index (χ3v) is 6.90. The van der Waals surface area contributed by atoms with E-state index in [1.165, 1.54) is 4.90 Å². The van der Waals surface area contributed by atoms with Crippen molar-refractivity contribution in [2.45, 2.75) is 12.7 Å². The van der Waals surface area contributed by atoms with Crippen LogP contribution in [-0.4, -0.2) is 74.7 Å². The van der Waals surface area contributed by atoms with E-state index < -0.39 is 27.6 Å². The quantitative estimate of drug-likeness (QED) is 0.616. The SMILES string of the molecule is CCOC(=O)N1CCN(C(=O)c2ccccc2NC(=O)CS(=O)(=O)Cc2ccc(Cl)cc2)CC1. The lowest BCUT2D eigenvalue weighted by molar-refractivity contribution is -0.113. The Morgan fingerprint density at radius 3 is 2.24 bits per heavy atom. The van der Waals surface area contributed by atoms with Crippen LogP contribution in [0.1, 0.15) is 22.8 Å². The number of para-hydroxylation sites is 1. The first-order valence-corrected chi connectivity index (χ1v) is 12.9. The Hall–Kier alpha value is -3.11. The molecule has 0 unspecified atom stereocenters. The van der Waals surface area contributed by atoms with Gasteiger partial charge in [0.05, 0.1) is 23.6 Å². The summed E-state index contributed by atoms with van der Waals surface area (Å²) >= 11 is 5.82. The van der Waals surface area contributed by atoms with Crippen LogP contribution in [0, 0.1) is 0 Å². The molecule has 0 aromatic heterocycles. The molecule has 11 heteroatoms. The summed E-state index contributed by atoms with van der Waals surface area (Å²) in [5.41, 5.74) is 0.997. The van der Waals surface area contributed by atoms with Crippen LogP contribution in [0.2, 0.25) is 5.02 Å². The van der Waals surface area contributed by atoms with E-state index in [9.17, 15) is 22.8 Å². The molecule has 3 amide bonds. The molecule has 1 aliphatic rings. The van der Waals surface area contributed by atoms with Gasteiger partial charge in [-0.3, -0.25) is 9.59 Å². The van der Waals surface area contributed by atoms with Gasteiger partial charge in [-0.1, -0.05) is 35.9 Å². The highest BCUT2D eigenvalue weighted by Gasteiger charge is 2.27. The molecule has 0 bridgehead atoms. The predicted molar refractivity (Wildman–Crippen MR) is 129 cm³/mol. The van der Waals surface area contributed by atoms with Gasteiger partial charge in [-0.15, -0.1) is 0 Å². The Labute approximate surface area is 203 Å². The predicted octanol–water partition coefficient (Wildman–Crippen LogP) is 2.81. The van der Waals surface area contributed by atoms with Gasteiger partial charge in [-0.25, -0.2) is 13.2 Å². The third-order valence-electron chi connectivity index (χ3n) is 5.18. The summed E-state index contributed by atoms with van der Waals surface area (Å²) < 4.78 is 29.9. The molecule has 3 rings (SSSR count). The van der Waals surface area contributed by atoms with Crippen molar-refractivity contribution < 1.29 is 27.5 Å². The average molecular weight is 508 g/mol. The van der Waals surface area contributed by atoms with Crippen LogP contribution in [0.25, 0.3) is 0 Å². The molecule has 0 aliphatic carbocycles. The molecule has 0 saturated carbocycles.